The Balaban J connectivity index is 1.34. The molecule has 0 unspecified atom stereocenters. The highest BCUT2D eigenvalue weighted by molar-refractivity contribution is 6.31. The quantitative estimate of drug-likeness (QED) is 0.551. The fraction of sp³-hybridized carbons (Fsp3) is 0.240. The Kier molecular flexibility index (Phi) is 6.44. The number of rotatable bonds is 5. The summed E-state index contributed by atoms with van der Waals surface area (Å²) < 4.78 is 5.82. The van der Waals surface area contributed by atoms with Crippen LogP contribution in [0.3, 0.4) is 0 Å². The number of piperazine rings is 1. The van der Waals surface area contributed by atoms with Crippen molar-refractivity contribution in [1.29, 1.82) is 0 Å². The normalized spacial score (nSPS) is 14.9. The van der Waals surface area contributed by atoms with Gasteiger partial charge in [0.15, 0.2) is 0 Å². The first-order valence-electron chi connectivity index (χ1n) is 10.4. The molecule has 0 radical (unpaired) electrons. The van der Waals surface area contributed by atoms with Gasteiger partial charge in [0.1, 0.15) is 11.5 Å². The van der Waals surface area contributed by atoms with E-state index in [0.717, 1.165) is 43.0 Å². The number of nitrogens with one attached hydrogen (secondary N) is 1. The summed E-state index contributed by atoms with van der Waals surface area (Å²) in [5, 5.41) is 3.59. The minimum absolute atomic E-state index is 0.205. The average molecular weight is 436 g/mol. The van der Waals surface area contributed by atoms with Crippen LogP contribution < -0.4 is 10.2 Å². The van der Waals surface area contributed by atoms with Crippen LogP contribution in [0.25, 0.3) is 17.4 Å². The SMILES string of the molecule is Cc1ccc(-c2ccc(C=CC(=O)Nc3ccc(N4CCN(C)CC4)cc3)o2)cc1Cl. The molecule has 1 saturated heterocycles. The van der Waals surface area contributed by atoms with Crippen LogP contribution >= 0.6 is 11.6 Å². The molecule has 5 nitrogen and oxygen atoms in total. The number of amides is 1. The summed E-state index contributed by atoms with van der Waals surface area (Å²) in [6.07, 6.45) is 3.13. The maximum atomic E-state index is 12.3. The van der Waals surface area contributed by atoms with Crippen molar-refractivity contribution in [2.24, 2.45) is 0 Å². The van der Waals surface area contributed by atoms with Crippen molar-refractivity contribution >= 4 is 35.0 Å². The van der Waals surface area contributed by atoms with Crippen molar-refractivity contribution in [3.8, 4) is 11.3 Å². The first-order chi connectivity index (χ1) is 15.0. The van der Waals surface area contributed by atoms with Crippen LogP contribution in [-0.2, 0) is 4.79 Å². The van der Waals surface area contributed by atoms with Gasteiger partial charge in [-0.25, -0.2) is 0 Å². The first kappa shape index (κ1) is 21.2. The highest BCUT2D eigenvalue weighted by atomic mass is 35.5. The van der Waals surface area contributed by atoms with Crippen molar-refractivity contribution in [2.45, 2.75) is 6.92 Å². The molecule has 160 valence electrons. The maximum absolute atomic E-state index is 12.3. The van der Waals surface area contributed by atoms with Crippen molar-refractivity contribution in [2.75, 3.05) is 43.4 Å². The van der Waals surface area contributed by atoms with Gasteiger partial charge >= 0.3 is 0 Å². The lowest BCUT2D eigenvalue weighted by molar-refractivity contribution is -0.111. The summed E-state index contributed by atoms with van der Waals surface area (Å²) in [6, 6.07) is 17.5. The fourth-order valence-electron chi connectivity index (χ4n) is 3.51. The molecule has 4 rings (SSSR count). The monoisotopic (exact) mass is 435 g/mol. The molecule has 0 bridgehead atoms. The minimum atomic E-state index is -0.205. The molecule has 1 fully saturated rings. The molecular formula is C25H26ClN3O2. The van der Waals surface area contributed by atoms with Gasteiger partial charge in [-0.2, -0.15) is 0 Å². The number of anilines is 2. The third-order valence-electron chi connectivity index (χ3n) is 5.49. The number of likely N-dealkylation sites (N-methyl/N-ethyl adjacent to an activating group) is 1. The van der Waals surface area contributed by atoms with E-state index in [1.54, 1.807) is 6.08 Å². The van der Waals surface area contributed by atoms with Gasteiger partial charge in [-0.15, -0.1) is 0 Å². The van der Waals surface area contributed by atoms with Crippen molar-refractivity contribution in [1.82, 2.24) is 4.90 Å². The largest absolute Gasteiger partial charge is 0.457 e. The van der Waals surface area contributed by atoms with E-state index in [1.165, 1.54) is 11.8 Å². The zero-order valence-electron chi connectivity index (χ0n) is 17.8. The number of halogens is 1. The highest BCUT2D eigenvalue weighted by Crippen LogP contribution is 2.27. The van der Waals surface area contributed by atoms with Crippen LogP contribution in [0.4, 0.5) is 11.4 Å². The van der Waals surface area contributed by atoms with Gasteiger partial charge in [-0.3, -0.25) is 4.79 Å². The first-order valence-corrected chi connectivity index (χ1v) is 10.7. The number of carbonyl (C=O) groups is 1. The van der Waals surface area contributed by atoms with E-state index in [2.05, 4.69) is 34.3 Å². The Hall–Kier alpha value is -3.02. The van der Waals surface area contributed by atoms with Crippen LogP contribution in [0.1, 0.15) is 11.3 Å². The Morgan fingerprint density at radius 1 is 1.03 bits per heavy atom. The second-order valence-corrected chi connectivity index (χ2v) is 8.23. The molecule has 1 aliphatic rings. The fourth-order valence-corrected chi connectivity index (χ4v) is 3.69. The van der Waals surface area contributed by atoms with Crippen molar-refractivity contribution in [3.63, 3.8) is 0 Å². The predicted molar refractivity (Wildman–Crippen MR) is 128 cm³/mol. The Morgan fingerprint density at radius 2 is 1.77 bits per heavy atom. The van der Waals surface area contributed by atoms with E-state index in [1.807, 2.05) is 49.4 Å². The molecule has 1 N–H and O–H groups in total. The zero-order valence-corrected chi connectivity index (χ0v) is 18.5. The van der Waals surface area contributed by atoms with Crippen LogP contribution in [-0.4, -0.2) is 44.0 Å². The predicted octanol–water partition coefficient (Wildman–Crippen LogP) is 5.31. The van der Waals surface area contributed by atoms with Crippen LogP contribution in [0.2, 0.25) is 5.02 Å². The van der Waals surface area contributed by atoms with Gasteiger partial charge in [0.2, 0.25) is 5.91 Å². The number of aryl methyl sites for hydroxylation is 1. The van der Waals surface area contributed by atoms with Crippen LogP contribution in [0.15, 0.2) is 65.1 Å². The average Bonchev–Trinajstić information content (AvgIpc) is 3.25. The second-order valence-electron chi connectivity index (χ2n) is 7.83. The number of nitrogens with zero attached hydrogens (tertiary/aromatic N) is 2. The topological polar surface area (TPSA) is 48.7 Å². The van der Waals surface area contributed by atoms with Gasteiger partial charge in [0.25, 0.3) is 0 Å². The maximum Gasteiger partial charge on any atom is 0.248 e. The van der Waals surface area contributed by atoms with E-state index in [9.17, 15) is 4.79 Å². The number of carbonyl (C=O) groups excluding carboxylic acids is 1. The lowest BCUT2D eigenvalue weighted by Crippen LogP contribution is -2.44. The molecular weight excluding hydrogens is 410 g/mol. The summed E-state index contributed by atoms with van der Waals surface area (Å²) in [4.78, 5) is 17.0. The molecule has 0 spiro atoms. The lowest BCUT2D eigenvalue weighted by atomic mass is 10.1. The van der Waals surface area contributed by atoms with E-state index in [4.69, 9.17) is 16.0 Å². The number of hydrogen-bond donors (Lipinski definition) is 1. The zero-order chi connectivity index (χ0) is 21.8. The van der Waals surface area contributed by atoms with Gasteiger partial charge < -0.3 is 19.5 Å². The lowest BCUT2D eigenvalue weighted by Gasteiger charge is -2.34. The molecule has 0 aliphatic carbocycles. The third-order valence-corrected chi connectivity index (χ3v) is 5.89. The third kappa shape index (κ3) is 5.37. The highest BCUT2D eigenvalue weighted by Gasteiger charge is 2.14. The van der Waals surface area contributed by atoms with Crippen molar-refractivity contribution in [3.05, 3.63) is 77.0 Å². The molecule has 31 heavy (non-hydrogen) atoms. The second kappa shape index (κ2) is 9.41. The van der Waals surface area contributed by atoms with Gasteiger partial charge in [0.05, 0.1) is 0 Å². The van der Waals surface area contributed by atoms with E-state index >= 15 is 0 Å². The van der Waals surface area contributed by atoms with Crippen LogP contribution in [0, 0.1) is 6.92 Å². The van der Waals surface area contributed by atoms with Gasteiger partial charge in [-0.05, 0) is 68.1 Å². The molecule has 0 saturated carbocycles. The Bertz CT molecular complexity index is 1080. The van der Waals surface area contributed by atoms with E-state index < -0.39 is 0 Å². The molecule has 0 atom stereocenters. The van der Waals surface area contributed by atoms with Crippen LogP contribution in [0.5, 0.6) is 0 Å². The molecule has 2 aromatic carbocycles. The number of furan rings is 1. The molecule has 6 heteroatoms. The smallest absolute Gasteiger partial charge is 0.248 e. The Labute approximate surface area is 187 Å². The number of benzene rings is 2. The standard InChI is InChI=1S/C25H26ClN3O2/c1-18-3-4-19(17-23(18)26)24-11-9-22(31-24)10-12-25(30)27-20-5-7-21(8-6-20)29-15-13-28(2)14-16-29/h3-12,17H,13-16H2,1-2H3,(H,27,30). The summed E-state index contributed by atoms with van der Waals surface area (Å²) in [7, 11) is 2.14. The van der Waals surface area contributed by atoms with Crippen molar-refractivity contribution < 1.29 is 9.21 Å². The van der Waals surface area contributed by atoms with Gasteiger partial charge in [0, 0.05) is 54.2 Å². The molecule has 3 aromatic rings. The summed E-state index contributed by atoms with van der Waals surface area (Å²) in [5.74, 6) is 1.11. The summed E-state index contributed by atoms with van der Waals surface area (Å²) in [5.41, 5.74) is 3.87. The molecule has 1 aromatic heterocycles. The van der Waals surface area contributed by atoms with E-state index in [0.29, 0.717) is 16.5 Å². The number of hydrogen-bond acceptors (Lipinski definition) is 4. The van der Waals surface area contributed by atoms with Gasteiger partial charge in [-0.1, -0.05) is 23.7 Å². The molecule has 1 amide bonds. The summed E-state index contributed by atoms with van der Waals surface area (Å²) in [6.45, 7) is 6.13. The minimum Gasteiger partial charge on any atom is -0.457 e. The molecule has 1 aliphatic heterocycles. The summed E-state index contributed by atoms with van der Waals surface area (Å²) >= 11 is 6.20. The Morgan fingerprint density at radius 3 is 2.48 bits per heavy atom. The van der Waals surface area contributed by atoms with E-state index in [-0.39, 0.29) is 5.91 Å². The molecule has 2 heterocycles.